The maximum absolute atomic E-state index is 12.9. The highest BCUT2D eigenvalue weighted by Gasteiger charge is 2.26. The van der Waals surface area contributed by atoms with E-state index in [0.29, 0.717) is 18.5 Å². The molecule has 0 spiro atoms. The summed E-state index contributed by atoms with van der Waals surface area (Å²) in [7, 11) is -3.70. The van der Waals surface area contributed by atoms with Gasteiger partial charge >= 0.3 is 0 Å². The zero-order valence-electron chi connectivity index (χ0n) is 15.5. The molecule has 2 aromatic rings. The van der Waals surface area contributed by atoms with Gasteiger partial charge in [0, 0.05) is 13.1 Å². The van der Waals surface area contributed by atoms with Crippen molar-refractivity contribution in [1.82, 2.24) is 9.62 Å². The fourth-order valence-electron chi connectivity index (χ4n) is 2.70. The molecule has 2 aromatic carbocycles. The lowest BCUT2D eigenvalue weighted by Crippen LogP contribution is -2.41. The first-order chi connectivity index (χ1) is 12.3. The smallest absolute Gasteiger partial charge is 0.243 e. The molecule has 0 radical (unpaired) electrons. The summed E-state index contributed by atoms with van der Waals surface area (Å²) in [6, 6.07) is 15.2. The fourth-order valence-corrected chi connectivity index (χ4v) is 4.41. The number of carbonyl (C=O) groups is 1. The van der Waals surface area contributed by atoms with Crippen LogP contribution in [0.15, 0.2) is 53.4 Å². The van der Waals surface area contributed by atoms with Crippen LogP contribution in [0.5, 0.6) is 0 Å². The van der Waals surface area contributed by atoms with E-state index in [1.165, 1.54) is 4.31 Å². The number of hydrogen-bond acceptors (Lipinski definition) is 3. The molecule has 1 amide bonds. The first kappa shape index (κ1) is 20.1. The molecule has 5 nitrogen and oxygen atoms in total. The van der Waals surface area contributed by atoms with Crippen LogP contribution in [0.25, 0.3) is 0 Å². The molecule has 0 atom stereocenters. The molecule has 0 aliphatic carbocycles. The lowest BCUT2D eigenvalue weighted by molar-refractivity contribution is -0.121. The zero-order chi connectivity index (χ0) is 19.2. The molecule has 0 fully saturated rings. The molecule has 0 unspecified atom stereocenters. The van der Waals surface area contributed by atoms with E-state index in [1.54, 1.807) is 26.0 Å². The molecule has 26 heavy (non-hydrogen) atoms. The van der Waals surface area contributed by atoms with Crippen molar-refractivity contribution >= 4 is 15.9 Å². The minimum Gasteiger partial charge on any atom is -0.355 e. The standard InChI is InChI=1S/C20H26N2O3S/c1-4-22(26(24,25)19-14-16(2)10-11-17(19)3)15-20(23)21-13-12-18-8-6-5-7-9-18/h5-11,14H,4,12-13,15H2,1-3H3,(H,21,23). The Bertz CT molecular complexity index is 849. The average Bonchev–Trinajstić information content (AvgIpc) is 2.62. The summed E-state index contributed by atoms with van der Waals surface area (Å²) in [6.45, 7) is 5.89. The number of benzene rings is 2. The minimum absolute atomic E-state index is 0.180. The second kappa shape index (κ2) is 8.96. The summed E-state index contributed by atoms with van der Waals surface area (Å²) in [6.07, 6.45) is 0.711. The second-order valence-corrected chi connectivity index (χ2v) is 8.19. The van der Waals surface area contributed by atoms with Crippen molar-refractivity contribution in [3.63, 3.8) is 0 Å². The third-order valence-corrected chi connectivity index (χ3v) is 6.28. The Balaban J connectivity index is 2.01. The number of nitrogens with one attached hydrogen (secondary N) is 1. The summed E-state index contributed by atoms with van der Waals surface area (Å²) >= 11 is 0. The van der Waals surface area contributed by atoms with Crippen LogP contribution in [0.1, 0.15) is 23.6 Å². The maximum Gasteiger partial charge on any atom is 0.243 e. The molecule has 6 heteroatoms. The number of carbonyl (C=O) groups excluding carboxylic acids is 1. The van der Waals surface area contributed by atoms with Gasteiger partial charge in [0.15, 0.2) is 0 Å². The lowest BCUT2D eigenvalue weighted by Gasteiger charge is -2.21. The quantitative estimate of drug-likeness (QED) is 0.772. The van der Waals surface area contributed by atoms with E-state index < -0.39 is 10.0 Å². The third kappa shape index (κ3) is 5.16. The molecule has 0 saturated carbocycles. The monoisotopic (exact) mass is 374 g/mol. The number of nitrogens with zero attached hydrogens (tertiary/aromatic N) is 1. The topological polar surface area (TPSA) is 66.5 Å². The maximum atomic E-state index is 12.9. The summed E-state index contributed by atoms with van der Waals surface area (Å²) in [4.78, 5) is 12.5. The van der Waals surface area contributed by atoms with Gasteiger partial charge in [0.2, 0.25) is 15.9 Å². The van der Waals surface area contributed by atoms with Crippen LogP contribution < -0.4 is 5.32 Å². The van der Waals surface area contributed by atoms with Gasteiger partial charge in [0.05, 0.1) is 11.4 Å². The molecule has 140 valence electrons. The summed E-state index contributed by atoms with van der Waals surface area (Å²) in [5, 5.41) is 2.80. The fraction of sp³-hybridized carbons (Fsp3) is 0.350. The lowest BCUT2D eigenvalue weighted by atomic mass is 10.1. The van der Waals surface area contributed by atoms with Gasteiger partial charge in [0.1, 0.15) is 0 Å². The molecule has 0 aromatic heterocycles. The van der Waals surface area contributed by atoms with Gasteiger partial charge in [0.25, 0.3) is 0 Å². The number of rotatable bonds is 8. The van der Waals surface area contributed by atoms with Gasteiger partial charge in [-0.3, -0.25) is 4.79 Å². The number of sulfonamides is 1. The van der Waals surface area contributed by atoms with E-state index in [1.807, 2.05) is 43.3 Å². The Morgan fingerprint density at radius 2 is 1.77 bits per heavy atom. The average molecular weight is 375 g/mol. The Morgan fingerprint density at radius 1 is 1.08 bits per heavy atom. The molecule has 0 saturated heterocycles. The first-order valence-corrected chi connectivity index (χ1v) is 10.2. The summed E-state index contributed by atoms with van der Waals surface area (Å²) in [5.74, 6) is -0.295. The van der Waals surface area contributed by atoms with E-state index >= 15 is 0 Å². The molecule has 1 N–H and O–H groups in total. The van der Waals surface area contributed by atoms with Gasteiger partial charge < -0.3 is 5.32 Å². The predicted octanol–water partition coefficient (Wildman–Crippen LogP) is 2.67. The van der Waals surface area contributed by atoms with E-state index in [-0.39, 0.29) is 23.9 Å². The van der Waals surface area contributed by atoms with Gasteiger partial charge in [-0.1, -0.05) is 49.4 Å². The van der Waals surface area contributed by atoms with E-state index in [4.69, 9.17) is 0 Å². The van der Waals surface area contributed by atoms with Gasteiger partial charge in [-0.15, -0.1) is 0 Å². The van der Waals surface area contributed by atoms with Gasteiger partial charge in [-0.2, -0.15) is 4.31 Å². The SMILES string of the molecule is CCN(CC(=O)NCCc1ccccc1)S(=O)(=O)c1cc(C)ccc1C. The largest absolute Gasteiger partial charge is 0.355 e. The van der Waals surface area contributed by atoms with Crippen LogP contribution in [-0.4, -0.2) is 38.3 Å². The van der Waals surface area contributed by atoms with Crippen LogP contribution in [0.3, 0.4) is 0 Å². The summed E-state index contributed by atoms with van der Waals surface area (Å²) < 4.78 is 27.0. The normalized spacial score (nSPS) is 11.5. The Labute approximate surface area is 156 Å². The van der Waals surface area contributed by atoms with Crippen molar-refractivity contribution in [2.24, 2.45) is 0 Å². The summed E-state index contributed by atoms with van der Waals surface area (Å²) in [5.41, 5.74) is 2.68. The van der Waals surface area contributed by atoms with Crippen molar-refractivity contribution in [2.45, 2.75) is 32.1 Å². The molecule has 0 aliphatic rings. The van der Waals surface area contributed by atoms with E-state index in [2.05, 4.69) is 5.32 Å². The van der Waals surface area contributed by atoms with Crippen molar-refractivity contribution in [3.05, 3.63) is 65.2 Å². The second-order valence-electron chi connectivity index (χ2n) is 6.29. The van der Waals surface area contributed by atoms with Gasteiger partial charge in [-0.25, -0.2) is 8.42 Å². The van der Waals surface area contributed by atoms with Crippen LogP contribution in [0.2, 0.25) is 0 Å². The van der Waals surface area contributed by atoms with Crippen molar-refractivity contribution in [3.8, 4) is 0 Å². The zero-order valence-corrected chi connectivity index (χ0v) is 16.3. The Hall–Kier alpha value is -2.18. The molecule has 0 bridgehead atoms. The van der Waals surface area contributed by atoms with Crippen LogP contribution in [0.4, 0.5) is 0 Å². The number of aryl methyl sites for hydroxylation is 2. The highest BCUT2D eigenvalue weighted by Crippen LogP contribution is 2.21. The van der Waals surface area contributed by atoms with E-state index in [0.717, 1.165) is 11.1 Å². The molecule has 0 heterocycles. The Kier molecular flexibility index (Phi) is 6.94. The van der Waals surface area contributed by atoms with E-state index in [9.17, 15) is 13.2 Å². The molecule has 2 rings (SSSR count). The minimum atomic E-state index is -3.70. The van der Waals surface area contributed by atoms with Gasteiger partial charge in [-0.05, 0) is 43.0 Å². The molecular weight excluding hydrogens is 348 g/mol. The number of hydrogen-bond donors (Lipinski definition) is 1. The molecular formula is C20H26N2O3S. The van der Waals surface area contributed by atoms with Crippen LogP contribution >= 0.6 is 0 Å². The van der Waals surface area contributed by atoms with Crippen molar-refractivity contribution < 1.29 is 13.2 Å². The predicted molar refractivity (Wildman–Crippen MR) is 104 cm³/mol. The van der Waals surface area contributed by atoms with Crippen molar-refractivity contribution in [1.29, 1.82) is 0 Å². The third-order valence-electron chi connectivity index (χ3n) is 4.21. The molecule has 0 aliphatic heterocycles. The first-order valence-electron chi connectivity index (χ1n) is 8.72. The van der Waals surface area contributed by atoms with Crippen LogP contribution in [-0.2, 0) is 21.2 Å². The number of likely N-dealkylation sites (N-methyl/N-ethyl adjacent to an activating group) is 1. The van der Waals surface area contributed by atoms with Crippen LogP contribution in [0, 0.1) is 13.8 Å². The number of amides is 1. The highest BCUT2D eigenvalue weighted by atomic mass is 32.2. The van der Waals surface area contributed by atoms with Crippen molar-refractivity contribution in [2.75, 3.05) is 19.6 Å². The highest BCUT2D eigenvalue weighted by molar-refractivity contribution is 7.89. The Morgan fingerprint density at radius 3 is 2.42 bits per heavy atom.